The predicted octanol–water partition coefficient (Wildman–Crippen LogP) is 7.00. The van der Waals surface area contributed by atoms with Crippen molar-refractivity contribution in [2.75, 3.05) is 30.4 Å². The van der Waals surface area contributed by atoms with E-state index in [4.69, 9.17) is 11.6 Å². The molecule has 146 valence electrons. The lowest BCUT2D eigenvalue weighted by Gasteiger charge is -2.30. The van der Waals surface area contributed by atoms with E-state index in [0.717, 1.165) is 36.6 Å². The van der Waals surface area contributed by atoms with Crippen LogP contribution in [-0.2, 0) is 5.41 Å². The maximum atomic E-state index is 6.28. The van der Waals surface area contributed by atoms with Gasteiger partial charge in [0.05, 0.1) is 0 Å². The fourth-order valence-corrected chi connectivity index (χ4v) is 3.69. The SMILES string of the molecule is CCN(CC)c1ccc(/C=C/CC(C)(CC)c2cc(Cl)ccc2NC)cc1. The zero-order valence-electron chi connectivity index (χ0n) is 17.3. The molecular formula is C24H33ClN2. The van der Waals surface area contributed by atoms with Crippen LogP contribution in [0.1, 0.15) is 51.7 Å². The Hall–Kier alpha value is -1.93. The van der Waals surface area contributed by atoms with Crippen LogP contribution in [0.2, 0.25) is 5.02 Å². The van der Waals surface area contributed by atoms with Gasteiger partial charge in [-0.15, -0.1) is 0 Å². The summed E-state index contributed by atoms with van der Waals surface area (Å²) in [7, 11) is 1.97. The first-order valence-corrected chi connectivity index (χ1v) is 10.3. The predicted molar refractivity (Wildman–Crippen MR) is 122 cm³/mol. The summed E-state index contributed by atoms with van der Waals surface area (Å²) in [5.74, 6) is 0. The average Bonchev–Trinajstić information content (AvgIpc) is 2.70. The third-order valence-corrected chi connectivity index (χ3v) is 5.82. The molecule has 0 aliphatic heterocycles. The van der Waals surface area contributed by atoms with Gasteiger partial charge >= 0.3 is 0 Å². The van der Waals surface area contributed by atoms with Gasteiger partial charge < -0.3 is 10.2 Å². The van der Waals surface area contributed by atoms with Crippen molar-refractivity contribution >= 4 is 29.1 Å². The molecule has 0 fully saturated rings. The van der Waals surface area contributed by atoms with Crippen molar-refractivity contribution in [3.8, 4) is 0 Å². The molecule has 1 atom stereocenters. The van der Waals surface area contributed by atoms with Gasteiger partial charge in [-0.1, -0.05) is 49.7 Å². The van der Waals surface area contributed by atoms with Crippen LogP contribution >= 0.6 is 11.6 Å². The van der Waals surface area contributed by atoms with Crippen LogP contribution in [0.15, 0.2) is 48.5 Å². The summed E-state index contributed by atoms with van der Waals surface area (Å²) in [5.41, 5.74) is 5.00. The average molecular weight is 385 g/mol. The number of halogens is 1. The fraction of sp³-hybridized carbons (Fsp3) is 0.417. The molecule has 3 heteroatoms. The second-order valence-corrected chi connectivity index (χ2v) is 7.66. The molecule has 0 aromatic heterocycles. The largest absolute Gasteiger partial charge is 0.388 e. The van der Waals surface area contributed by atoms with Gasteiger partial charge in [0.2, 0.25) is 0 Å². The minimum absolute atomic E-state index is 0.0426. The zero-order valence-corrected chi connectivity index (χ0v) is 18.1. The second kappa shape index (κ2) is 9.85. The van der Waals surface area contributed by atoms with Crippen molar-refractivity contribution in [1.29, 1.82) is 0 Å². The Labute approximate surface area is 170 Å². The van der Waals surface area contributed by atoms with Crippen molar-refractivity contribution in [3.63, 3.8) is 0 Å². The van der Waals surface area contributed by atoms with E-state index in [1.54, 1.807) is 0 Å². The van der Waals surface area contributed by atoms with Crippen LogP contribution in [0.25, 0.3) is 6.08 Å². The number of allylic oxidation sites excluding steroid dienone is 1. The molecule has 1 N–H and O–H groups in total. The molecule has 0 saturated heterocycles. The Bertz CT molecular complexity index is 747. The summed E-state index contributed by atoms with van der Waals surface area (Å²) in [6.45, 7) is 11.0. The quantitative estimate of drug-likeness (QED) is 0.500. The van der Waals surface area contributed by atoms with Gasteiger partial charge in [0.15, 0.2) is 0 Å². The fourth-order valence-electron chi connectivity index (χ4n) is 3.52. The number of nitrogens with zero attached hydrogens (tertiary/aromatic N) is 1. The van der Waals surface area contributed by atoms with E-state index >= 15 is 0 Å². The zero-order chi connectivity index (χ0) is 19.9. The summed E-state index contributed by atoms with van der Waals surface area (Å²) >= 11 is 6.28. The number of benzene rings is 2. The van der Waals surface area contributed by atoms with Crippen molar-refractivity contribution in [2.45, 2.75) is 46.0 Å². The molecule has 2 aromatic carbocycles. The molecule has 0 aliphatic carbocycles. The van der Waals surface area contributed by atoms with Gasteiger partial charge in [-0.2, -0.15) is 0 Å². The highest BCUT2D eigenvalue weighted by Gasteiger charge is 2.26. The van der Waals surface area contributed by atoms with Crippen LogP contribution in [0.4, 0.5) is 11.4 Å². The molecule has 0 aliphatic rings. The lowest BCUT2D eigenvalue weighted by atomic mass is 9.76. The Morgan fingerprint density at radius 3 is 2.26 bits per heavy atom. The Morgan fingerprint density at radius 1 is 1.04 bits per heavy atom. The first-order valence-electron chi connectivity index (χ1n) is 9.96. The number of anilines is 2. The standard InChI is InChI=1S/C24H33ClN2/c1-6-24(4,22-18-20(25)13-16-23(22)26-5)17-9-10-19-11-14-21(15-12-19)27(7-2)8-3/h9-16,18,26H,6-8,17H2,1-5H3/b10-9+. The topological polar surface area (TPSA) is 15.3 Å². The lowest BCUT2D eigenvalue weighted by Crippen LogP contribution is -2.21. The maximum absolute atomic E-state index is 6.28. The molecule has 2 aromatic rings. The van der Waals surface area contributed by atoms with Crippen molar-refractivity contribution in [2.24, 2.45) is 0 Å². The number of rotatable bonds is 9. The highest BCUT2D eigenvalue weighted by molar-refractivity contribution is 6.30. The molecule has 0 radical (unpaired) electrons. The van der Waals surface area contributed by atoms with Gasteiger partial charge in [0, 0.05) is 36.5 Å². The van der Waals surface area contributed by atoms with Gasteiger partial charge in [0.1, 0.15) is 0 Å². The van der Waals surface area contributed by atoms with E-state index in [9.17, 15) is 0 Å². The third kappa shape index (κ3) is 5.29. The molecule has 2 rings (SSSR count). The monoisotopic (exact) mass is 384 g/mol. The van der Waals surface area contributed by atoms with Crippen LogP contribution in [0.3, 0.4) is 0 Å². The summed E-state index contributed by atoms with van der Waals surface area (Å²) in [4.78, 5) is 2.36. The van der Waals surface area contributed by atoms with Gasteiger partial charge in [-0.3, -0.25) is 0 Å². The highest BCUT2D eigenvalue weighted by atomic mass is 35.5. The molecule has 0 saturated carbocycles. The summed E-state index contributed by atoms with van der Waals surface area (Å²) < 4.78 is 0. The van der Waals surface area contributed by atoms with E-state index < -0.39 is 0 Å². The van der Waals surface area contributed by atoms with Gasteiger partial charge in [-0.25, -0.2) is 0 Å². The van der Waals surface area contributed by atoms with E-state index in [0.29, 0.717) is 0 Å². The molecular weight excluding hydrogens is 352 g/mol. The van der Waals surface area contributed by atoms with E-state index in [2.05, 4.69) is 86.5 Å². The number of nitrogens with one attached hydrogen (secondary N) is 1. The first-order chi connectivity index (χ1) is 13.0. The van der Waals surface area contributed by atoms with E-state index in [-0.39, 0.29) is 5.41 Å². The smallest absolute Gasteiger partial charge is 0.0410 e. The molecule has 2 nitrogen and oxygen atoms in total. The Balaban J connectivity index is 2.16. The van der Waals surface area contributed by atoms with E-state index in [1.165, 1.54) is 16.8 Å². The van der Waals surface area contributed by atoms with Crippen molar-refractivity contribution in [1.82, 2.24) is 0 Å². The molecule has 1 unspecified atom stereocenters. The minimum atomic E-state index is 0.0426. The lowest BCUT2D eigenvalue weighted by molar-refractivity contribution is 0.463. The summed E-state index contributed by atoms with van der Waals surface area (Å²) in [6, 6.07) is 14.9. The van der Waals surface area contributed by atoms with Gasteiger partial charge in [-0.05, 0) is 73.6 Å². The highest BCUT2D eigenvalue weighted by Crippen LogP contribution is 2.38. The van der Waals surface area contributed by atoms with Gasteiger partial charge in [0.25, 0.3) is 0 Å². The first kappa shape index (κ1) is 21.4. The number of hydrogen-bond donors (Lipinski definition) is 1. The molecule has 0 amide bonds. The number of hydrogen-bond acceptors (Lipinski definition) is 2. The maximum Gasteiger partial charge on any atom is 0.0410 e. The Morgan fingerprint density at radius 2 is 1.70 bits per heavy atom. The summed E-state index contributed by atoms with van der Waals surface area (Å²) in [5, 5.41) is 4.10. The second-order valence-electron chi connectivity index (χ2n) is 7.22. The Kier molecular flexibility index (Phi) is 7.79. The molecule has 0 bridgehead atoms. The van der Waals surface area contributed by atoms with Crippen LogP contribution in [0, 0.1) is 0 Å². The molecule has 0 spiro atoms. The van der Waals surface area contributed by atoms with E-state index in [1.807, 2.05) is 13.1 Å². The van der Waals surface area contributed by atoms with Crippen molar-refractivity contribution in [3.05, 3.63) is 64.7 Å². The van der Waals surface area contributed by atoms with Crippen LogP contribution < -0.4 is 10.2 Å². The third-order valence-electron chi connectivity index (χ3n) is 5.58. The molecule has 0 heterocycles. The molecule has 27 heavy (non-hydrogen) atoms. The minimum Gasteiger partial charge on any atom is -0.388 e. The van der Waals surface area contributed by atoms with Crippen LogP contribution in [-0.4, -0.2) is 20.1 Å². The van der Waals surface area contributed by atoms with Crippen molar-refractivity contribution < 1.29 is 0 Å². The normalized spacial score (nSPS) is 13.6. The summed E-state index contributed by atoms with van der Waals surface area (Å²) in [6.07, 6.45) is 6.53. The van der Waals surface area contributed by atoms with Crippen LogP contribution in [0.5, 0.6) is 0 Å².